The number of hydrogen-bond acceptors (Lipinski definition) is 4. The Morgan fingerprint density at radius 3 is 2.32 bits per heavy atom. The van der Waals surface area contributed by atoms with Crippen molar-refractivity contribution in [1.29, 1.82) is 0 Å². The number of nitrogen functional groups attached to an aromatic ring is 1. The molecule has 0 atom stereocenters. The van der Waals surface area contributed by atoms with E-state index in [0.29, 0.717) is 15.7 Å². The van der Waals surface area contributed by atoms with Crippen LogP contribution in [0.1, 0.15) is 17.0 Å². The average Bonchev–Trinajstić information content (AvgIpc) is 2.33. The number of benzene rings is 1. The smallest absolute Gasteiger partial charge is 0.192 e. The van der Waals surface area contributed by atoms with E-state index in [0.717, 1.165) is 17.0 Å². The maximum atomic E-state index is 13.2. The van der Waals surface area contributed by atoms with E-state index in [1.165, 1.54) is 23.9 Å². The zero-order valence-electron chi connectivity index (χ0n) is 10.8. The van der Waals surface area contributed by atoms with Crippen LogP contribution in [0.5, 0.6) is 0 Å². The maximum Gasteiger partial charge on any atom is 0.192 e. The summed E-state index contributed by atoms with van der Waals surface area (Å²) >= 11 is 7.03. The van der Waals surface area contributed by atoms with Crippen LogP contribution in [-0.2, 0) is 0 Å². The quantitative estimate of drug-likeness (QED) is 0.674. The highest BCUT2D eigenvalue weighted by Gasteiger charge is 2.11. The second-order valence-corrected chi connectivity index (χ2v) is 5.62. The molecule has 0 aliphatic rings. The van der Waals surface area contributed by atoms with Crippen LogP contribution in [0, 0.1) is 26.6 Å². The van der Waals surface area contributed by atoms with Gasteiger partial charge in [-0.1, -0.05) is 11.6 Å². The van der Waals surface area contributed by atoms with Crippen LogP contribution in [0.25, 0.3) is 0 Å². The van der Waals surface area contributed by atoms with Crippen molar-refractivity contribution in [3.63, 3.8) is 0 Å². The van der Waals surface area contributed by atoms with Crippen molar-refractivity contribution in [2.24, 2.45) is 0 Å². The van der Waals surface area contributed by atoms with Gasteiger partial charge in [-0.25, -0.2) is 14.4 Å². The molecule has 0 radical (unpaired) electrons. The van der Waals surface area contributed by atoms with E-state index in [-0.39, 0.29) is 5.02 Å². The van der Waals surface area contributed by atoms with Crippen LogP contribution >= 0.6 is 23.4 Å². The Hall–Kier alpha value is -1.33. The Balaban J connectivity index is 2.39. The predicted molar refractivity (Wildman–Crippen MR) is 76.2 cm³/mol. The standard InChI is InChI=1S/C13H13ClFN3S/c1-6-7(2)17-13(18-8(6)3)19-12-4-9(14)10(15)5-11(12)16/h4-5H,16H2,1-3H3. The molecule has 0 spiro atoms. The van der Waals surface area contributed by atoms with Crippen molar-refractivity contribution in [1.82, 2.24) is 9.97 Å². The molecule has 100 valence electrons. The number of nitrogens with two attached hydrogens (primary N) is 1. The van der Waals surface area contributed by atoms with Crippen molar-refractivity contribution in [3.8, 4) is 0 Å². The zero-order chi connectivity index (χ0) is 14.2. The summed E-state index contributed by atoms with van der Waals surface area (Å²) in [5, 5.41) is 0.618. The Morgan fingerprint density at radius 2 is 1.74 bits per heavy atom. The second-order valence-electron chi connectivity index (χ2n) is 4.21. The van der Waals surface area contributed by atoms with Crippen molar-refractivity contribution < 1.29 is 4.39 Å². The summed E-state index contributed by atoms with van der Waals surface area (Å²) in [6, 6.07) is 2.70. The van der Waals surface area contributed by atoms with Gasteiger partial charge in [0.05, 0.1) is 5.02 Å². The molecule has 1 heterocycles. The van der Waals surface area contributed by atoms with Crippen molar-refractivity contribution in [3.05, 3.63) is 39.9 Å². The van der Waals surface area contributed by atoms with Gasteiger partial charge < -0.3 is 5.73 Å². The highest BCUT2D eigenvalue weighted by Crippen LogP contribution is 2.33. The van der Waals surface area contributed by atoms with Gasteiger partial charge in [0.1, 0.15) is 5.82 Å². The molecule has 2 rings (SSSR count). The lowest BCUT2D eigenvalue weighted by molar-refractivity contribution is 0.628. The van der Waals surface area contributed by atoms with Gasteiger partial charge in [-0.2, -0.15) is 0 Å². The highest BCUT2D eigenvalue weighted by molar-refractivity contribution is 7.99. The number of aryl methyl sites for hydroxylation is 2. The van der Waals surface area contributed by atoms with Crippen molar-refractivity contribution >= 4 is 29.1 Å². The molecule has 1 aromatic carbocycles. The fraction of sp³-hybridized carbons (Fsp3) is 0.231. The third kappa shape index (κ3) is 2.98. The molecular formula is C13H13ClFN3S. The molecule has 0 fully saturated rings. The van der Waals surface area contributed by atoms with Gasteiger partial charge in [-0.05, 0) is 50.2 Å². The molecule has 1 aromatic heterocycles. The van der Waals surface area contributed by atoms with Crippen LogP contribution in [-0.4, -0.2) is 9.97 Å². The molecule has 2 N–H and O–H groups in total. The Bertz CT molecular complexity index is 623. The maximum absolute atomic E-state index is 13.2. The van der Waals surface area contributed by atoms with Crippen LogP contribution in [0.3, 0.4) is 0 Å². The van der Waals surface area contributed by atoms with E-state index < -0.39 is 5.82 Å². The molecule has 3 nitrogen and oxygen atoms in total. The number of nitrogens with zero attached hydrogens (tertiary/aromatic N) is 2. The van der Waals surface area contributed by atoms with E-state index in [2.05, 4.69) is 9.97 Å². The van der Waals surface area contributed by atoms with E-state index >= 15 is 0 Å². The van der Waals surface area contributed by atoms with Gasteiger partial charge in [0.15, 0.2) is 5.16 Å². The molecular weight excluding hydrogens is 285 g/mol. The average molecular weight is 298 g/mol. The number of hydrogen-bond donors (Lipinski definition) is 1. The Morgan fingerprint density at radius 1 is 1.16 bits per heavy atom. The summed E-state index contributed by atoms with van der Waals surface area (Å²) in [6.45, 7) is 5.83. The Labute approximate surface area is 120 Å². The number of anilines is 1. The Kier molecular flexibility index (Phi) is 3.96. The summed E-state index contributed by atoms with van der Waals surface area (Å²) < 4.78 is 13.2. The molecule has 0 saturated carbocycles. The predicted octanol–water partition coefficient (Wildman–Crippen LogP) is 3.93. The minimum atomic E-state index is -0.527. The fourth-order valence-corrected chi connectivity index (χ4v) is 2.66. The fourth-order valence-electron chi connectivity index (χ4n) is 1.52. The first-order valence-electron chi connectivity index (χ1n) is 5.62. The monoisotopic (exact) mass is 297 g/mol. The van der Waals surface area contributed by atoms with Crippen molar-refractivity contribution in [2.75, 3.05) is 5.73 Å². The summed E-state index contributed by atoms with van der Waals surface area (Å²) in [7, 11) is 0. The lowest BCUT2D eigenvalue weighted by Gasteiger charge is -2.09. The molecule has 6 heteroatoms. The van der Waals surface area contributed by atoms with Gasteiger partial charge in [0.25, 0.3) is 0 Å². The van der Waals surface area contributed by atoms with E-state index in [9.17, 15) is 4.39 Å². The van der Waals surface area contributed by atoms with Crippen molar-refractivity contribution in [2.45, 2.75) is 30.8 Å². The summed E-state index contributed by atoms with van der Waals surface area (Å²) in [6.07, 6.45) is 0. The zero-order valence-corrected chi connectivity index (χ0v) is 12.4. The van der Waals surface area contributed by atoms with E-state index in [1.807, 2.05) is 20.8 Å². The van der Waals surface area contributed by atoms with Gasteiger partial charge in [0, 0.05) is 22.0 Å². The van der Waals surface area contributed by atoms with Gasteiger partial charge in [-0.3, -0.25) is 0 Å². The largest absolute Gasteiger partial charge is 0.398 e. The molecule has 0 aliphatic heterocycles. The molecule has 2 aromatic rings. The van der Waals surface area contributed by atoms with Crippen LogP contribution in [0.2, 0.25) is 5.02 Å². The van der Waals surface area contributed by atoms with Gasteiger partial charge >= 0.3 is 0 Å². The molecule has 19 heavy (non-hydrogen) atoms. The number of halogens is 2. The molecule has 0 saturated heterocycles. The molecule has 0 unspecified atom stereocenters. The van der Waals surface area contributed by atoms with Crippen LogP contribution in [0.15, 0.2) is 22.2 Å². The van der Waals surface area contributed by atoms with Crippen LogP contribution < -0.4 is 5.73 Å². The lowest BCUT2D eigenvalue weighted by Crippen LogP contribution is -1.99. The van der Waals surface area contributed by atoms with Gasteiger partial charge in [-0.15, -0.1) is 0 Å². The first-order chi connectivity index (χ1) is 8.88. The number of rotatable bonds is 2. The first kappa shape index (κ1) is 14.1. The normalized spacial score (nSPS) is 10.8. The minimum Gasteiger partial charge on any atom is -0.398 e. The number of aromatic nitrogens is 2. The minimum absolute atomic E-state index is 0.0391. The molecule has 0 bridgehead atoms. The topological polar surface area (TPSA) is 51.8 Å². The second kappa shape index (κ2) is 5.35. The highest BCUT2D eigenvalue weighted by atomic mass is 35.5. The van der Waals surface area contributed by atoms with E-state index in [4.69, 9.17) is 17.3 Å². The SMILES string of the molecule is Cc1nc(Sc2cc(Cl)c(F)cc2N)nc(C)c1C. The lowest BCUT2D eigenvalue weighted by atomic mass is 10.2. The summed E-state index contributed by atoms with van der Waals surface area (Å²) in [4.78, 5) is 9.41. The summed E-state index contributed by atoms with van der Waals surface area (Å²) in [5.74, 6) is -0.527. The van der Waals surface area contributed by atoms with Crippen LogP contribution in [0.4, 0.5) is 10.1 Å². The molecule has 0 aliphatic carbocycles. The summed E-state index contributed by atoms with van der Waals surface area (Å²) in [5.41, 5.74) is 9.00. The first-order valence-corrected chi connectivity index (χ1v) is 6.82. The third-order valence-corrected chi connectivity index (χ3v) is 4.09. The van der Waals surface area contributed by atoms with E-state index in [1.54, 1.807) is 0 Å². The van der Waals surface area contributed by atoms with Gasteiger partial charge in [0.2, 0.25) is 0 Å². The molecule has 0 amide bonds. The third-order valence-electron chi connectivity index (χ3n) is 2.87.